The molecule has 1 aromatic carbocycles. The Balaban J connectivity index is 2.31. The zero-order valence-corrected chi connectivity index (χ0v) is 12.3. The Morgan fingerprint density at radius 3 is 2.42 bits per heavy atom. The van der Waals surface area contributed by atoms with Gasteiger partial charge in [-0.3, -0.25) is 4.68 Å². The van der Waals surface area contributed by atoms with Crippen molar-refractivity contribution in [3.63, 3.8) is 0 Å². The van der Waals surface area contributed by atoms with Crippen LogP contribution >= 0.6 is 0 Å². The first-order valence-corrected chi connectivity index (χ1v) is 6.99. The van der Waals surface area contributed by atoms with Crippen molar-refractivity contribution in [2.75, 3.05) is 7.05 Å². The van der Waals surface area contributed by atoms with Crippen LogP contribution in [0.4, 0.5) is 0 Å². The Morgan fingerprint density at radius 2 is 1.89 bits per heavy atom. The second-order valence-electron chi connectivity index (χ2n) is 4.89. The number of rotatable bonds is 5. The van der Waals surface area contributed by atoms with Gasteiger partial charge in [-0.25, -0.2) is 0 Å². The van der Waals surface area contributed by atoms with E-state index in [1.54, 1.807) is 0 Å². The van der Waals surface area contributed by atoms with Gasteiger partial charge in [-0.1, -0.05) is 38.1 Å². The molecule has 1 aromatic heterocycles. The highest BCUT2D eigenvalue weighted by Gasteiger charge is 2.10. The molecule has 0 aliphatic rings. The van der Waals surface area contributed by atoms with Crippen LogP contribution in [0.5, 0.6) is 0 Å². The van der Waals surface area contributed by atoms with Crippen LogP contribution in [0.2, 0.25) is 0 Å². The second-order valence-corrected chi connectivity index (χ2v) is 4.89. The van der Waals surface area contributed by atoms with Crippen LogP contribution in [0.25, 0.3) is 11.1 Å². The van der Waals surface area contributed by atoms with Gasteiger partial charge in [0.05, 0.1) is 5.69 Å². The van der Waals surface area contributed by atoms with Crippen molar-refractivity contribution in [1.29, 1.82) is 0 Å². The molecule has 0 spiro atoms. The highest BCUT2D eigenvalue weighted by molar-refractivity contribution is 5.65. The molecule has 0 bridgehead atoms. The van der Waals surface area contributed by atoms with E-state index < -0.39 is 0 Å². The standard InChI is InChI=1S/C16H23N3/c1-5-15(17-3)13-9-7-12(8-10-13)14-11-19(4)18-16(14)6-2/h7-11,15,17H,5-6H2,1-4H3. The average Bonchev–Trinajstić information content (AvgIpc) is 2.82. The van der Waals surface area contributed by atoms with E-state index in [2.05, 4.69) is 54.7 Å². The van der Waals surface area contributed by atoms with Gasteiger partial charge in [-0.2, -0.15) is 5.10 Å². The third-order valence-electron chi connectivity index (χ3n) is 3.62. The third kappa shape index (κ3) is 2.87. The summed E-state index contributed by atoms with van der Waals surface area (Å²) >= 11 is 0. The fourth-order valence-electron chi connectivity index (χ4n) is 2.54. The van der Waals surface area contributed by atoms with Gasteiger partial charge in [-0.05, 0) is 31.0 Å². The second kappa shape index (κ2) is 6.02. The lowest BCUT2D eigenvalue weighted by Crippen LogP contribution is -2.14. The van der Waals surface area contributed by atoms with E-state index >= 15 is 0 Å². The van der Waals surface area contributed by atoms with Gasteiger partial charge in [0.2, 0.25) is 0 Å². The van der Waals surface area contributed by atoms with Gasteiger partial charge in [0.1, 0.15) is 0 Å². The predicted molar refractivity (Wildman–Crippen MR) is 80.1 cm³/mol. The van der Waals surface area contributed by atoms with Crippen LogP contribution in [0.15, 0.2) is 30.5 Å². The smallest absolute Gasteiger partial charge is 0.0700 e. The number of nitrogens with zero attached hydrogens (tertiary/aromatic N) is 2. The number of aryl methyl sites for hydroxylation is 2. The van der Waals surface area contributed by atoms with Crippen LogP contribution in [-0.2, 0) is 13.5 Å². The van der Waals surface area contributed by atoms with Crippen molar-refractivity contribution >= 4 is 0 Å². The summed E-state index contributed by atoms with van der Waals surface area (Å²) in [7, 11) is 3.99. The summed E-state index contributed by atoms with van der Waals surface area (Å²) in [6.45, 7) is 4.35. The molecule has 0 fully saturated rings. The summed E-state index contributed by atoms with van der Waals surface area (Å²) in [6.07, 6.45) is 4.16. The van der Waals surface area contributed by atoms with Crippen molar-refractivity contribution in [2.45, 2.75) is 32.7 Å². The van der Waals surface area contributed by atoms with Crippen LogP contribution < -0.4 is 5.32 Å². The molecule has 3 nitrogen and oxygen atoms in total. The fraction of sp³-hybridized carbons (Fsp3) is 0.438. The Hall–Kier alpha value is -1.61. The van der Waals surface area contributed by atoms with Crippen molar-refractivity contribution < 1.29 is 0 Å². The maximum atomic E-state index is 4.50. The minimum Gasteiger partial charge on any atom is -0.313 e. The lowest BCUT2D eigenvalue weighted by atomic mass is 9.99. The summed E-state index contributed by atoms with van der Waals surface area (Å²) < 4.78 is 1.89. The molecule has 0 saturated heterocycles. The molecule has 1 unspecified atom stereocenters. The van der Waals surface area contributed by atoms with Crippen molar-refractivity contribution in [1.82, 2.24) is 15.1 Å². The molecule has 0 saturated carbocycles. The van der Waals surface area contributed by atoms with Gasteiger partial charge in [0.15, 0.2) is 0 Å². The molecule has 3 heteroatoms. The van der Waals surface area contributed by atoms with E-state index in [0.717, 1.165) is 18.5 Å². The van der Waals surface area contributed by atoms with Crippen LogP contribution in [-0.4, -0.2) is 16.8 Å². The molecule has 0 aliphatic heterocycles. The number of benzene rings is 1. The summed E-state index contributed by atoms with van der Waals surface area (Å²) in [6, 6.07) is 9.27. The number of hydrogen-bond donors (Lipinski definition) is 1. The number of nitrogens with one attached hydrogen (secondary N) is 1. The van der Waals surface area contributed by atoms with Crippen LogP contribution in [0, 0.1) is 0 Å². The van der Waals surface area contributed by atoms with Gasteiger partial charge in [-0.15, -0.1) is 0 Å². The minimum absolute atomic E-state index is 0.439. The van der Waals surface area contributed by atoms with Crippen molar-refractivity contribution in [3.05, 3.63) is 41.7 Å². The molecule has 19 heavy (non-hydrogen) atoms. The number of hydrogen-bond acceptors (Lipinski definition) is 2. The first-order valence-electron chi connectivity index (χ1n) is 6.99. The summed E-state index contributed by atoms with van der Waals surface area (Å²) in [5.41, 5.74) is 5.00. The van der Waals surface area contributed by atoms with Gasteiger partial charge in [0, 0.05) is 24.8 Å². The first kappa shape index (κ1) is 13.8. The molecule has 1 N–H and O–H groups in total. The highest BCUT2D eigenvalue weighted by atomic mass is 15.2. The molecular formula is C16H23N3. The van der Waals surface area contributed by atoms with E-state index in [0.29, 0.717) is 6.04 Å². The predicted octanol–water partition coefficient (Wildman–Crippen LogP) is 3.32. The van der Waals surface area contributed by atoms with Crippen LogP contribution in [0.3, 0.4) is 0 Å². The van der Waals surface area contributed by atoms with Crippen molar-refractivity contribution in [2.24, 2.45) is 7.05 Å². The summed E-state index contributed by atoms with van der Waals surface area (Å²) in [5.74, 6) is 0. The summed E-state index contributed by atoms with van der Waals surface area (Å²) in [5, 5.41) is 7.84. The lowest BCUT2D eigenvalue weighted by molar-refractivity contribution is 0.577. The molecule has 102 valence electrons. The highest BCUT2D eigenvalue weighted by Crippen LogP contribution is 2.25. The maximum Gasteiger partial charge on any atom is 0.0700 e. The third-order valence-corrected chi connectivity index (χ3v) is 3.62. The monoisotopic (exact) mass is 257 g/mol. The number of aromatic nitrogens is 2. The van der Waals surface area contributed by atoms with Crippen LogP contribution in [0.1, 0.15) is 37.6 Å². The molecule has 0 radical (unpaired) electrons. The Kier molecular flexibility index (Phi) is 4.38. The molecule has 1 atom stereocenters. The Labute approximate surface area is 115 Å². The fourth-order valence-corrected chi connectivity index (χ4v) is 2.54. The molecule has 2 aromatic rings. The van der Waals surface area contributed by atoms with E-state index in [-0.39, 0.29) is 0 Å². The van der Waals surface area contributed by atoms with E-state index in [9.17, 15) is 0 Å². The van der Waals surface area contributed by atoms with E-state index in [4.69, 9.17) is 0 Å². The minimum atomic E-state index is 0.439. The van der Waals surface area contributed by atoms with Gasteiger partial charge in [0.25, 0.3) is 0 Å². The van der Waals surface area contributed by atoms with Crippen molar-refractivity contribution in [3.8, 4) is 11.1 Å². The molecule has 1 heterocycles. The normalized spacial score (nSPS) is 12.6. The topological polar surface area (TPSA) is 29.9 Å². The first-order chi connectivity index (χ1) is 9.19. The van der Waals surface area contributed by atoms with Gasteiger partial charge >= 0.3 is 0 Å². The quantitative estimate of drug-likeness (QED) is 0.890. The SMILES string of the molecule is CCc1nn(C)cc1-c1ccc(C(CC)NC)cc1. The van der Waals surface area contributed by atoms with E-state index in [1.807, 2.05) is 18.8 Å². The largest absolute Gasteiger partial charge is 0.313 e. The zero-order chi connectivity index (χ0) is 13.8. The Bertz CT molecular complexity index is 521. The van der Waals surface area contributed by atoms with E-state index in [1.165, 1.54) is 16.7 Å². The molecule has 2 rings (SSSR count). The maximum absolute atomic E-state index is 4.50. The van der Waals surface area contributed by atoms with Gasteiger partial charge < -0.3 is 5.32 Å². The molecule has 0 aliphatic carbocycles. The summed E-state index contributed by atoms with van der Waals surface area (Å²) in [4.78, 5) is 0. The lowest BCUT2D eigenvalue weighted by Gasteiger charge is -2.14. The Morgan fingerprint density at radius 1 is 1.21 bits per heavy atom. The zero-order valence-electron chi connectivity index (χ0n) is 12.3. The molecular weight excluding hydrogens is 234 g/mol. The average molecular weight is 257 g/mol. The molecule has 0 amide bonds.